The molecule has 1 aliphatic carbocycles. The SMILES string of the molecule is Cc1ccc(S(=O)(=O)OC2CC(Cc3ccccc3)C2)cc1. The minimum atomic E-state index is -3.63. The van der Waals surface area contributed by atoms with Crippen molar-refractivity contribution in [2.24, 2.45) is 5.92 Å². The van der Waals surface area contributed by atoms with Crippen LogP contribution in [0.1, 0.15) is 24.0 Å². The van der Waals surface area contributed by atoms with E-state index in [1.165, 1.54) is 5.56 Å². The van der Waals surface area contributed by atoms with Crippen LogP contribution in [0.15, 0.2) is 59.5 Å². The zero-order chi connectivity index (χ0) is 15.6. The van der Waals surface area contributed by atoms with Gasteiger partial charge in [-0.25, -0.2) is 0 Å². The maximum Gasteiger partial charge on any atom is 0.297 e. The van der Waals surface area contributed by atoms with E-state index in [0.717, 1.165) is 24.8 Å². The third-order valence-electron chi connectivity index (χ3n) is 4.13. The van der Waals surface area contributed by atoms with Crippen molar-refractivity contribution in [1.29, 1.82) is 0 Å². The molecule has 3 rings (SSSR count). The Morgan fingerprint density at radius 1 is 1.00 bits per heavy atom. The van der Waals surface area contributed by atoms with Gasteiger partial charge in [-0.15, -0.1) is 0 Å². The fourth-order valence-electron chi connectivity index (χ4n) is 2.81. The predicted octanol–water partition coefficient (Wildman–Crippen LogP) is 3.72. The average molecular weight is 316 g/mol. The second kappa shape index (κ2) is 6.23. The van der Waals surface area contributed by atoms with Crippen molar-refractivity contribution < 1.29 is 12.6 Å². The fourth-order valence-corrected chi connectivity index (χ4v) is 3.90. The van der Waals surface area contributed by atoms with Crippen LogP contribution in [0, 0.1) is 12.8 Å². The molecule has 0 aliphatic heterocycles. The zero-order valence-corrected chi connectivity index (χ0v) is 13.4. The molecule has 2 aromatic rings. The van der Waals surface area contributed by atoms with Crippen molar-refractivity contribution in [2.45, 2.75) is 37.2 Å². The van der Waals surface area contributed by atoms with Gasteiger partial charge < -0.3 is 0 Å². The van der Waals surface area contributed by atoms with Gasteiger partial charge in [-0.3, -0.25) is 4.18 Å². The number of benzene rings is 2. The number of hydrogen-bond acceptors (Lipinski definition) is 3. The quantitative estimate of drug-likeness (QED) is 0.790. The summed E-state index contributed by atoms with van der Waals surface area (Å²) in [5.41, 5.74) is 2.33. The molecule has 22 heavy (non-hydrogen) atoms. The molecule has 0 heterocycles. The Hall–Kier alpha value is -1.65. The average Bonchev–Trinajstić information content (AvgIpc) is 2.46. The number of aryl methyl sites for hydroxylation is 1. The summed E-state index contributed by atoms with van der Waals surface area (Å²) in [4.78, 5) is 0.240. The van der Waals surface area contributed by atoms with Crippen LogP contribution in [0.25, 0.3) is 0 Å². The van der Waals surface area contributed by atoms with Crippen LogP contribution < -0.4 is 0 Å². The summed E-state index contributed by atoms with van der Waals surface area (Å²) in [7, 11) is -3.63. The molecular weight excluding hydrogens is 296 g/mol. The fraction of sp³-hybridized carbons (Fsp3) is 0.333. The Kier molecular flexibility index (Phi) is 4.32. The molecule has 0 bridgehead atoms. The topological polar surface area (TPSA) is 43.4 Å². The molecule has 0 aromatic heterocycles. The van der Waals surface area contributed by atoms with Crippen LogP contribution in [-0.4, -0.2) is 14.5 Å². The van der Waals surface area contributed by atoms with Gasteiger partial charge in [0.05, 0.1) is 11.0 Å². The molecule has 1 saturated carbocycles. The minimum Gasteiger partial charge on any atom is -0.263 e. The van der Waals surface area contributed by atoms with Crippen LogP contribution in [0.2, 0.25) is 0 Å². The molecular formula is C18H20O3S. The highest BCUT2D eigenvalue weighted by atomic mass is 32.2. The van der Waals surface area contributed by atoms with E-state index in [4.69, 9.17) is 4.18 Å². The Balaban J connectivity index is 1.54. The van der Waals surface area contributed by atoms with Gasteiger partial charge in [0, 0.05) is 0 Å². The molecule has 1 aliphatic rings. The van der Waals surface area contributed by atoms with Gasteiger partial charge in [-0.2, -0.15) is 8.42 Å². The smallest absolute Gasteiger partial charge is 0.263 e. The Morgan fingerprint density at radius 2 is 1.64 bits per heavy atom. The van der Waals surface area contributed by atoms with Gasteiger partial charge in [-0.1, -0.05) is 48.0 Å². The van der Waals surface area contributed by atoms with Crippen LogP contribution in [0.5, 0.6) is 0 Å². The first-order valence-corrected chi connectivity index (χ1v) is 8.97. The summed E-state index contributed by atoms with van der Waals surface area (Å²) in [6.07, 6.45) is 2.42. The van der Waals surface area contributed by atoms with Crippen LogP contribution in [0.4, 0.5) is 0 Å². The maximum absolute atomic E-state index is 12.2. The van der Waals surface area contributed by atoms with Gasteiger partial charge in [-0.05, 0) is 49.8 Å². The molecule has 1 fully saturated rings. The lowest BCUT2D eigenvalue weighted by atomic mass is 9.78. The van der Waals surface area contributed by atoms with Crippen LogP contribution >= 0.6 is 0 Å². The zero-order valence-electron chi connectivity index (χ0n) is 12.6. The largest absolute Gasteiger partial charge is 0.297 e. The maximum atomic E-state index is 12.2. The number of hydrogen-bond donors (Lipinski definition) is 0. The van der Waals surface area contributed by atoms with E-state index in [-0.39, 0.29) is 11.0 Å². The normalized spacial score (nSPS) is 21.3. The van der Waals surface area contributed by atoms with Gasteiger partial charge in [0.25, 0.3) is 10.1 Å². The van der Waals surface area contributed by atoms with Crippen LogP contribution in [-0.2, 0) is 20.7 Å². The van der Waals surface area contributed by atoms with Gasteiger partial charge in [0.15, 0.2) is 0 Å². The van der Waals surface area contributed by atoms with Gasteiger partial charge >= 0.3 is 0 Å². The summed E-state index contributed by atoms with van der Waals surface area (Å²) in [6, 6.07) is 17.1. The van der Waals surface area contributed by atoms with Gasteiger partial charge in [0.2, 0.25) is 0 Å². The Bertz CT molecular complexity index is 715. The molecule has 116 valence electrons. The summed E-state index contributed by atoms with van der Waals surface area (Å²) in [6.45, 7) is 1.93. The minimum absolute atomic E-state index is 0.181. The second-order valence-electron chi connectivity index (χ2n) is 6.01. The summed E-state index contributed by atoms with van der Waals surface area (Å²) >= 11 is 0. The Morgan fingerprint density at radius 3 is 2.27 bits per heavy atom. The van der Waals surface area contributed by atoms with E-state index in [1.807, 2.05) is 25.1 Å². The molecule has 0 N–H and O–H groups in total. The van der Waals surface area contributed by atoms with E-state index in [9.17, 15) is 8.42 Å². The van der Waals surface area contributed by atoms with Crippen molar-refractivity contribution in [1.82, 2.24) is 0 Å². The van der Waals surface area contributed by atoms with E-state index >= 15 is 0 Å². The highest BCUT2D eigenvalue weighted by Gasteiger charge is 2.34. The van der Waals surface area contributed by atoms with E-state index in [0.29, 0.717) is 5.92 Å². The highest BCUT2D eigenvalue weighted by molar-refractivity contribution is 7.86. The molecule has 0 atom stereocenters. The molecule has 0 saturated heterocycles. The standard InChI is InChI=1S/C18H20O3S/c1-14-7-9-18(10-8-14)22(19,20)21-17-12-16(13-17)11-15-5-3-2-4-6-15/h2-10,16-17H,11-13H2,1H3. The molecule has 0 radical (unpaired) electrons. The first-order chi connectivity index (χ1) is 10.5. The van der Waals surface area contributed by atoms with Crippen molar-refractivity contribution in [3.8, 4) is 0 Å². The van der Waals surface area contributed by atoms with Crippen LogP contribution in [0.3, 0.4) is 0 Å². The molecule has 0 spiro atoms. The van der Waals surface area contributed by atoms with E-state index < -0.39 is 10.1 Å². The second-order valence-corrected chi connectivity index (χ2v) is 7.58. The molecule has 2 aromatic carbocycles. The Labute approximate surface area is 132 Å². The third-order valence-corrected chi connectivity index (χ3v) is 5.51. The lowest BCUT2D eigenvalue weighted by Gasteiger charge is -2.34. The molecule has 3 nitrogen and oxygen atoms in total. The predicted molar refractivity (Wildman–Crippen MR) is 86.1 cm³/mol. The van der Waals surface area contributed by atoms with Crippen molar-refractivity contribution in [3.63, 3.8) is 0 Å². The summed E-state index contributed by atoms with van der Waals surface area (Å²) in [5, 5.41) is 0. The van der Waals surface area contributed by atoms with Crippen molar-refractivity contribution >= 4 is 10.1 Å². The van der Waals surface area contributed by atoms with E-state index in [1.54, 1.807) is 24.3 Å². The van der Waals surface area contributed by atoms with Gasteiger partial charge in [0.1, 0.15) is 0 Å². The van der Waals surface area contributed by atoms with Crippen molar-refractivity contribution in [2.75, 3.05) is 0 Å². The molecule has 4 heteroatoms. The third kappa shape index (κ3) is 3.57. The summed E-state index contributed by atoms with van der Waals surface area (Å²) < 4.78 is 29.7. The first kappa shape index (κ1) is 15.3. The van der Waals surface area contributed by atoms with E-state index in [2.05, 4.69) is 12.1 Å². The summed E-state index contributed by atoms with van der Waals surface area (Å²) in [5.74, 6) is 0.514. The first-order valence-electron chi connectivity index (χ1n) is 7.57. The molecule has 0 amide bonds. The monoisotopic (exact) mass is 316 g/mol. The van der Waals surface area contributed by atoms with Crippen molar-refractivity contribution in [3.05, 3.63) is 65.7 Å². The number of rotatable bonds is 5. The highest BCUT2D eigenvalue weighted by Crippen LogP contribution is 2.34. The lowest BCUT2D eigenvalue weighted by Crippen LogP contribution is -2.34. The molecule has 0 unspecified atom stereocenters. The lowest BCUT2D eigenvalue weighted by molar-refractivity contribution is 0.0711.